The van der Waals surface area contributed by atoms with Crippen LogP contribution in [-0.4, -0.2) is 34.4 Å². The van der Waals surface area contributed by atoms with Gasteiger partial charge in [0.2, 0.25) is 0 Å². The Labute approximate surface area is 154 Å². The van der Waals surface area contributed by atoms with Crippen molar-refractivity contribution >= 4 is 23.0 Å². The summed E-state index contributed by atoms with van der Waals surface area (Å²) in [7, 11) is 0. The summed E-state index contributed by atoms with van der Waals surface area (Å²) in [5.74, 6) is 0.290. The van der Waals surface area contributed by atoms with Crippen LogP contribution in [0.5, 0.6) is 5.75 Å². The fourth-order valence-electron chi connectivity index (χ4n) is 3.01. The van der Waals surface area contributed by atoms with Gasteiger partial charge in [-0.25, -0.2) is 0 Å². The van der Waals surface area contributed by atoms with E-state index in [2.05, 4.69) is 23.2 Å². The first-order valence-corrected chi connectivity index (χ1v) is 9.04. The third-order valence-corrected chi connectivity index (χ3v) is 4.83. The third kappa shape index (κ3) is 4.71. The number of phenols is 1. The van der Waals surface area contributed by atoms with E-state index >= 15 is 0 Å². The van der Waals surface area contributed by atoms with Gasteiger partial charge in [0.05, 0.1) is 6.10 Å². The number of para-hydroxylation sites is 2. The van der Waals surface area contributed by atoms with Gasteiger partial charge in [0.1, 0.15) is 5.75 Å². The molecule has 4 nitrogen and oxygen atoms in total. The minimum atomic E-state index is 0.183. The monoisotopic (exact) mass is 356 g/mol. The highest BCUT2D eigenvalue weighted by Gasteiger charge is 2.22. The van der Waals surface area contributed by atoms with E-state index in [4.69, 9.17) is 17.0 Å². The van der Waals surface area contributed by atoms with E-state index in [0.29, 0.717) is 24.0 Å². The van der Waals surface area contributed by atoms with Gasteiger partial charge in [-0.1, -0.05) is 36.4 Å². The maximum absolute atomic E-state index is 10.1. The number of ether oxygens (including phenoxy) is 1. The molecule has 0 spiro atoms. The van der Waals surface area contributed by atoms with Gasteiger partial charge in [0, 0.05) is 30.9 Å². The second-order valence-corrected chi connectivity index (χ2v) is 6.78. The molecule has 1 heterocycles. The highest BCUT2D eigenvalue weighted by molar-refractivity contribution is 7.80. The predicted octanol–water partition coefficient (Wildman–Crippen LogP) is 4.08. The molecule has 2 aromatic carbocycles. The van der Waals surface area contributed by atoms with Gasteiger partial charge in [0.25, 0.3) is 0 Å². The molecule has 1 atom stereocenters. The maximum Gasteiger partial charge on any atom is 0.173 e. The van der Waals surface area contributed by atoms with E-state index in [9.17, 15) is 5.11 Å². The third-order valence-electron chi connectivity index (χ3n) is 4.47. The van der Waals surface area contributed by atoms with Crippen LogP contribution in [0.4, 0.5) is 5.69 Å². The predicted molar refractivity (Wildman–Crippen MR) is 105 cm³/mol. The molecule has 2 N–H and O–H groups in total. The molecule has 0 aliphatic carbocycles. The molecule has 0 radical (unpaired) electrons. The summed E-state index contributed by atoms with van der Waals surface area (Å²) in [5.41, 5.74) is 3.00. The van der Waals surface area contributed by atoms with E-state index in [1.807, 2.05) is 36.4 Å². The molecule has 25 heavy (non-hydrogen) atoms. The molecule has 1 fully saturated rings. The maximum atomic E-state index is 10.1. The molecule has 5 heteroatoms. The molecule has 3 rings (SSSR count). The van der Waals surface area contributed by atoms with Crippen molar-refractivity contribution in [1.82, 2.24) is 4.90 Å². The first kappa shape index (κ1) is 17.7. The summed E-state index contributed by atoms with van der Waals surface area (Å²) < 4.78 is 5.78. The number of aryl methyl sites for hydroxylation is 1. The van der Waals surface area contributed by atoms with Crippen molar-refractivity contribution in [2.75, 3.05) is 18.5 Å². The summed E-state index contributed by atoms with van der Waals surface area (Å²) in [6, 6.07) is 15.5. The quantitative estimate of drug-likeness (QED) is 0.791. The molecule has 1 aliphatic heterocycles. The lowest BCUT2D eigenvalue weighted by atomic mass is 10.1. The summed E-state index contributed by atoms with van der Waals surface area (Å²) in [6.45, 7) is 4.13. The van der Waals surface area contributed by atoms with Gasteiger partial charge in [-0.2, -0.15) is 0 Å². The lowest BCUT2D eigenvalue weighted by Crippen LogP contribution is -2.39. The van der Waals surface area contributed by atoms with E-state index in [-0.39, 0.29) is 6.10 Å². The molecule has 0 saturated carbocycles. The smallest absolute Gasteiger partial charge is 0.173 e. The van der Waals surface area contributed by atoms with Crippen LogP contribution in [-0.2, 0) is 11.3 Å². The largest absolute Gasteiger partial charge is 0.508 e. The van der Waals surface area contributed by atoms with Crippen LogP contribution in [0.2, 0.25) is 0 Å². The molecule has 0 bridgehead atoms. The molecule has 2 aromatic rings. The highest BCUT2D eigenvalue weighted by atomic mass is 32.1. The molecule has 1 aliphatic rings. The Morgan fingerprint density at radius 2 is 2.00 bits per heavy atom. The van der Waals surface area contributed by atoms with E-state index in [1.54, 1.807) is 6.07 Å². The number of rotatable bonds is 5. The zero-order chi connectivity index (χ0) is 17.6. The van der Waals surface area contributed by atoms with Gasteiger partial charge in [0.15, 0.2) is 5.11 Å². The Kier molecular flexibility index (Phi) is 5.89. The molecule has 1 saturated heterocycles. The van der Waals surface area contributed by atoms with Crippen LogP contribution in [0.25, 0.3) is 0 Å². The lowest BCUT2D eigenvalue weighted by molar-refractivity contribution is 0.0904. The van der Waals surface area contributed by atoms with Gasteiger partial charge < -0.3 is 20.1 Å². The summed E-state index contributed by atoms with van der Waals surface area (Å²) >= 11 is 5.67. The highest BCUT2D eigenvalue weighted by Crippen LogP contribution is 2.22. The van der Waals surface area contributed by atoms with Crippen LogP contribution in [0.1, 0.15) is 24.0 Å². The minimum absolute atomic E-state index is 0.183. The van der Waals surface area contributed by atoms with Crippen LogP contribution >= 0.6 is 12.2 Å². The fraction of sp³-hybridized carbons (Fsp3) is 0.350. The lowest BCUT2D eigenvalue weighted by Gasteiger charge is -2.29. The SMILES string of the molecule is Cc1ccccc1NC(=S)N(Cc1ccccc1O)C[C@@H]1CCCO1. The molecule has 132 valence electrons. The van der Waals surface area contributed by atoms with Gasteiger partial charge in [-0.05, 0) is 49.7 Å². The Bertz CT molecular complexity index is 729. The first-order chi connectivity index (χ1) is 12.1. The summed E-state index contributed by atoms with van der Waals surface area (Å²) in [6.07, 6.45) is 2.32. The Balaban J connectivity index is 1.76. The van der Waals surface area contributed by atoms with Gasteiger partial charge in [-0.15, -0.1) is 0 Å². The summed E-state index contributed by atoms with van der Waals surface area (Å²) in [5, 5.41) is 14.1. The second-order valence-electron chi connectivity index (χ2n) is 6.39. The number of nitrogens with zero attached hydrogens (tertiary/aromatic N) is 1. The number of hydrogen-bond donors (Lipinski definition) is 2. The van der Waals surface area contributed by atoms with Crippen LogP contribution in [0, 0.1) is 6.92 Å². The normalized spacial score (nSPS) is 16.6. The number of aromatic hydroxyl groups is 1. The number of benzene rings is 2. The first-order valence-electron chi connectivity index (χ1n) is 8.63. The van der Waals surface area contributed by atoms with Gasteiger partial charge >= 0.3 is 0 Å². The Hall–Kier alpha value is -2.11. The van der Waals surface area contributed by atoms with Crippen molar-refractivity contribution in [2.45, 2.75) is 32.4 Å². The topological polar surface area (TPSA) is 44.7 Å². The number of phenolic OH excluding ortho intramolecular Hbond substituents is 1. The number of thiocarbonyl (C=S) groups is 1. The average molecular weight is 356 g/mol. The molecule has 0 unspecified atom stereocenters. The van der Waals surface area contributed by atoms with Crippen molar-refractivity contribution in [3.63, 3.8) is 0 Å². The standard InChI is InChI=1S/C20H24N2O2S/c1-15-7-2-4-10-18(15)21-20(25)22(14-17-9-6-12-24-17)13-16-8-3-5-11-19(16)23/h2-5,7-8,10-11,17,23H,6,9,12-14H2,1H3,(H,21,25)/t17-/m0/s1. The number of nitrogens with one attached hydrogen (secondary N) is 1. The van der Waals surface area contributed by atoms with E-state index < -0.39 is 0 Å². The minimum Gasteiger partial charge on any atom is -0.508 e. The fourth-order valence-corrected chi connectivity index (χ4v) is 3.26. The Morgan fingerprint density at radius 3 is 2.72 bits per heavy atom. The average Bonchev–Trinajstić information content (AvgIpc) is 3.11. The second kappa shape index (κ2) is 8.32. The van der Waals surface area contributed by atoms with Crippen molar-refractivity contribution < 1.29 is 9.84 Å². The molecular weight excluding hydrogens is 332 g/mol. The molecule has 0 amide bonds. The van der Waals surface area contributed by atoms with Crippen LogP contribution in [0.3, 0.4) is 0 Å². The van der Waals surface area contributed by atoms with Gasteiger partial charge in [-0.3, -0.25) is 0 Å². The van der Waals surface area contributed by atoms with Crippen molar-refractivity contribution in [3.8, 4) is 5.75 Å². The molecule has 0 aromatic heterocycles. The zero-order valence-corrected chi connectivity index (χ0v) is 15.3. The Morgan fingerprint density at radius 1 is 1.24 bits per heavy atom. The molecular formula is C20H24N2O2S. The zero-order valence-electron chi connectivity index (χ0n) is 14.4. The van der Waals surface area contributed by atoms with Crippen LogP contribution < -0.4 is 5.32 Å². The van der Waals surface area contributed by atoms with E-state index in [1.165, 1.54) is 0 Å². The van der Waals surface area contributed by atoms with Crippen molar-refractivity contribution in [3.05, 3.63) is 59.7 Å². The summed E-state index contributed by atoms with van der Waals surface area (Å²) in [4.78, 5) is 2.08. The van der Waals surface area contributed by atoms with Crippen LogP contribution in [0.15, 0.2) is 48.5 Å². The van der Waals surface area contributed by atoms with Crippen molar-refractivity contribution in [1.29, 1.82) is 0 Å². The number of anilines is 1. The van der Waals surface area contributed by atoms with E-state index in [0.717, 1.165) is 36.3 Å². The number of hydrogen-bond acceptors (Lipinski definition) is 3. The van der Waals surface area contributed by atoms with Crippen molar-refractivity contribution in [2.24, 2.45) is 0 Å².